The molecule has 2 aromatic rings. The molecule has 0 radical (unpaired) electrons. The number of imidazole rings is 1. The van der Waals surface area contributed by atoms with Crippen LogP contribution in [0.2, 0.25) is 0 Å². The van der Waals surface area contributed by atoms with Crippen LogP contribution in [-0.4, -0.2) is 28.2 Å². The van der Waals surface area contributed by atoms with E-state index in [9.17, 15) is 0 Å². The van der Waals surface area contributed by atoms with Crippen LogP contribution in [0.4, 0.5) is 5.95 Å². The average Bonchev–Trinajstić information content (AvgIpc) is 2.69. The number of aromatic nitrogens is 2. The first-order valence-corrected chi connectivity index (χ1v) is 6.60. The molecular weight excluding hydrogens is 248 g/mol. The highest BCUT2D eigenvalue weighted by molar-refractivity contribution is 7.99. The first-order chi connectivity index (χ1) is 8.69. The van der Waals surface area contributed by atoms with Crippen LogP contribution in [0.3, 0.4) is 0 Å². The van der Waals surface area contributed by atoms with Gasteiger partial charge in [-0.1, -0.05) is 0 Å². The largest absolute Gasteiger partial charge is 0.370 e. The van der Waals surface area contributed by atoms with E-state index in [0.29, 0.717) is 12.5 Å². The maximum atomic E-state index is 5.46. The van der Waals surface area contributed by atoms with Gasteiger partial charge in [0.25, 0.3) is 0 Å². The van der Waals surface area contributed by atoms with Crippen molar-refractivity contribution in [1.29, 1.82) is 0 Å². The Labute approximate surface area is 109 Å². The van der Waals surface area contributed by atoms with Crippen LogP contribution in [0.1, 0.15) is 6.42 Å². The van der Waals surface area contributed by atoms with E-state index in [1.165, 1.54) is 4.90 Å². The van der Waals surface area contributed by atoms with Gasteiger partial charge in [-0.3, -0.25) is 0 Å². The number of thioether (sulfide) groups is 1. The monoisotopic (exact) mass is 264 g/mol. The molecule has 2 rings (SSSR count). The van der Waals surface area contributed by atoms with Gasteiger partial charge in [-0.25, -0.2) is 4.98 Å². The number of guanidine groups is 1. The fourth-order valence-electron chi connectivity index (χ4n) is 1.51. The molecule has 0 atom stereocenters. The van der Waals surface area contributed by atoms with Gasteiger partial charge in [-0.2, -0.15) is 4.99 Å². The van der Waals surface area contributed by atoms with Gasteiger partial charge in [-0.05, 0) is 36.9 Å². The fourth-order valence-corrected chi connectivity index (χ4v) is 2.43. The van der Waals surface area contributed by atoms with E-state index in [4.69, 9.17) is 17.2 Å². The Morgan fingerprint density at radius 3 is 2.94 bits per heavy atom. The van der Waals surface area contributed by atoms with Crippen LogP contribution in [-0.2, 0) is 0 Å². The minimum atomic E-state index is -0.00778. The standard InChI is InChI=1S/C11H16N6S/c12-4-1-5-18-7-2-3-8-9(6-7)16-11(15-8)17-10(13)14/h2-3,6H,1,4-5,12H2,(H5,13,14,15,16,17). The predicted molar refractivity (Wildman–Crippen MR) is 76.0 cm³/mol. The number of nitrogens with one attached hydrogen (secondary N) is 1. The molecule has 96 valence electrons. The number of benzene rings is 1. The van der Waals surface area contributed by atoms with Gasteiger partial charge in [0.1, 0.15) is 0 Å². The third kappa shape index (κ3) is 3.14. The minimum absolute atomic E-state index is 0.00778. The molecule has 0 fully saturated rings. The summed E-state index contributed by atoms with van der Waals surface area (Å²) in [7, 11) is 0. The number of nitrogens with two attached hydrogens (primary N) is 3. The van der Waals surface area contributed by atoms with Crippen molar-refractivity contribution in [3.05, 3.63) is 18.2 Å². The molecule has 0 amide bonds. The zero-order valence-corrected chi connectivity index (χ0v) is 10.7. The van der Waals surface area contributed by atoms with Crippen molar-refractivity contribution < 1.29 is 0 Å². The second kappa shape index (κ2) is 5.74. The quantitative estimate of drug-likeness (QED) is 0.277. The molecule has 0 unspecified atom stereocenters. The van der Waals surface area contributed by atoms with Crippen molar-refractivity contribution in [3.63, 3.8) is 0 Å². The number of aliphatic imine (C=N–C) groups is 1. The highest BCUT2D eigenvalue weighted by Gasteiger charge is 2.03. The Balaban J connectivity index is 2.20. The normalized spacial score (nSPS) is 10.7. The van der Waals surface area contributed by atoms with E-state index in [1.807, 2.05) is 18.2 Å². The zero-order valence-electron chi connectivity index (χ0n) is 9.89. The minimum Gasteiger partial charge on any atom is -0.370 e. The lowest BCUT2D eigenvalue weighted by atomic mass is 10.3. The molecule has 0 saturated carbocycles. The average molecular weight is 264 g/mol. The van der Waals surface area contributed by atoms with Crippen LogP contribution in [0, 0.1) is 0 Å². The second-order valence-corrected chi connectivity index (χ2v) is 4.94. The van der Waals surface area contributed by atoms with Gasteiger partial charge in [0.2, 0.25) is 5.95 Å². The van der Waals surface area contributed by atoms with E-state index >= 15 is 0 Å². The number of hydrogen-bond acceptors (Lipinski definition) is 4. The van der Waals surface area contributed by atoms with Gasteiger partial charge >= 0.3 is 0 Å². The van der Waals surface area contributed by atoms with Crippen molar-refractivity contribution in [2.24, 2.45) is 22.2 Å². The van der Waals surface area contributed by atoms with Crippen LogP contribution < -0.4 is 17.2 Å². The summed E-state index contributed by atoms with van der Waals surface area (Å²) in [5, 5.41) is 0. The van der Waals surface area contributed by atoms with Gasteiger partial charge in [0, 0.05) is 4.90 Å². The van der Waals surface area contributed by atoms with Gasteiger partial charge < -0.3 is 22.2 Å². The summed E-state index contributed by atoms with van der Waals surface area (Å²) < 4.78 is 0. The van der Waals surface area contributed by atoms with Crippen LogP contribution in [0.25, 0.3) is 11.0 Å². The summed E-state index contributed by atoms with van der Waals surface area (Å²) in [6, 6.07) is 6.02. The third-order valence-corrected chi connectivity index (χ3v) is 3.37. The van der Waals surface area contributed by atoms with Crippen molar-refractivity contribution >= 4 is 34.7 Å². The molecule has 0 aliphatic carbocycles. The maximum absolute atomic E-state index is 5.46. The van der Waals surface area contributed by atoms with Crippen molar-refractivity contribution in [3.8, 4) is 0 Å². The SMILES string of the molecule is NCCCSc1ccc2nc(N=C(N)N)[nH]c2c1. The first kappa shape index (κ1) is 12.7. The number of fused-ring (bicyclic) bond motifs is 1. The number of rotatable bonds is 5. The summed E-state index contributed by atoms with van der Waals surface area (Å²) in [4.78, 5) is 12.4. The topological polar surface area (TPSA) is 119 Å². The molecule has 1 heterocycles. The molecular formula is C11H16N6S. The Bertz CT molecular complexity index is 558. The number of H-pyrrole nitrogens is 1. The highest BCUT2D eigenvalue weighted by atomic mass is 32.2. The van der Waals surface area contributed by atoms with E-state index in [2.05, 4.69) is 15.0 Å². The Morgan fingerprint density at radius 2 is 2.22 bits per heavy atom. The number of nitrogens with zero attached hydrogens (tertiary/aromatic N) is 2. The highest BCUT2D eigenvalue weighted by Crippen LogP contribution is 2.24. The molecule has 6 nitrogen and oxygen atoms in total. The Morgan fingerprint density at radius 1 is 1.39 bits per heavy atom. The van der Waals surface area contributed by atoms with Gasteiger partial charge in [-0.15, -0.1) is 11.8 Å². The van der Waals surface area contributed by atoms with E-state index in [1.54, 1.807) is 11.8 Å². The van der Waals surface area contributed by atoms with Crippen LogP contribution in [0.5, 0.6) is 0 Å². The molecule has 18 heavy (non-hydrogen) atoms. The zero-order chi connectivity index (χ0) is 13.0. The molecule has 7 N–H and O–H groups in total. The summed E-state index contributed by atoms with van der Waals surface area (Å²) in [5.41, 5.74) is 17.9. The van der Waals surface area contributed by atoms with Crippen LogP contribution in [0.15, 0.2) is 28.1 Å². The van der Waals surface area contributed by atoms with Crippen LogP contribution >= 0.6 is 11.8 Å². The summed E-state index contributed by atoms with van der Waals surface area (Å²) in [6.07, 6.45) is 1.00. The molecule has 7 heteroatoms. The lowest BCUT2D eigenvalue weighted by molar-refractivity contribution is 0.943. The van der Waals surface area contributed by atoms with Crippen molar-refractivity contribution in [2.45, 2.75) is 11.3 Å². The first-order valence-electron chi connectivity index (χ1n) is 5.61. The molecule has 0 aliphatic rings. The van der Waals surface area contributed by atoms with E-state index < -0.39 is 0 Å². The summed E-state index contributed by atoms with van der Waals surface area (Å²) >= 11 is 1.77. The third-order valence-electron chi connectivity index (χ3n) is 2.29. The predicted octanol–water partition coefficient (Wildman–Crippen LogP) is 0.909. The van der Waals surface area contributed by atoms with Gasteiger partial charge in [0.15, 0.2) is 5.96 Å². The second-order valence-electron chi connectivity index (χ2n) is 3.77. The molecule has 0 aliphatic heterocycles. The van der Waals surface area contributed by atoms with E-state index in [-0.39, 0.29) is 5.96 Å². The molecule has 1 aromatic carbocycles. The smallest absolute Gasteiger partial charge is 0.231 e. The van der Waals surface area contributed by atoms with Gasteiger partial charge in [0.05, 0.1) is 11.0 Å². The number of aromatic amines is 1. The van der Waals surface area contributed by atoms with Crippen molar-refractivity contribution in [1.82, 2.24) is 9.97 Å². The lowest BCUT2D eigenvalue weighted by Gasteiger charge is -1.99. The molecule has 1 aromatic heterocycles. The maximum Gasteiger partial charge on any atom is 0.231 e. The molecule has 0 bridgehead atoms. The molecule has 0 saturated heterocycles. The summed E-state index contributed by atoms with van der Waals surface area (Å²) in [5.74, 6) is 1.43. The fraction of sp³-hybridized carbons (Fsp3) is 0.273. The van der Waals surface area contributed by atoms with Crippen molar-refractivity contribution in [2.75, 3.05) is 12.3 Å². The number of hydrogen-bond donors (Lipinski definition) is 4. The lowest BCUT2D eigenvalue weighted by Crippen LogP contribution is -2.22. The summed E-state index contributed by atoms with van der Waals surface area (Å²) in [6.45, 7) is 0.716. The Hall–Kier alpha value is -1.73. The van der Waals surface area contributed by atoms with E-state index in [0.717, 1.165) is 23.2 Å². The molecule has 0 spiro atoms. The Kier molecular flexibility index (Phi) is 4.06.